The first-order valence-corrected chi connectivity index (χ1v) is 10.4. The molecule has 0 atom stereocenters. The van der Waals surface area contributed by atoms with Crippen LogP contribution in [0, 0.1) is 6.92 Å². The fraction of sp³-hybridized carbons (Fsp3) is 0.240. The number of aryl methyl sites for hydroxylation is 1. The number of nitrogens with one attached hydrogen (secondary N) is 2. The molecule has 0 saturated carbocycles. The van der Waals surface area contributed by atoms with Gasteiger partial charge in [0.15, 0.2) is 0 Å². The second-order valence-electron chi connectivity index (χ2n) is 7.52. The van der Waals surface area contributed by atoms with Gasteiger partial charge in [0, 0.05) is 33.7 Å². The van der Waals surface area contributed by atoms with E-state index >= 15 is 0 Å². The number of carbonyl (C=O) groups is 3. The number of hydrogen-bond acceptors (Lipinski definition) is 6. The molecular weight excluding hydrogens is 440 g/mol. The Morgan fingerprint density at radius 1 is 1.06 bits per heavy atom. The van der Waals surface area contributed by atoms with E-state index in [1.807, 2.05) is 37.3 Å². The summed E-state index contributed by atoms with van der Waals surface area (Å²) >= 11 is 0. The molecular formula is C25H26N2O7. The van der Waals surface area contributed by atoms with Gasteiger partial charge in [-0.15, -0.1) is 0 Å². The monoisotopic (exact) mass is 466 g/mol. The SMILES string of the molecule is COc1ccccc1-c1coc2c(C)c(OC)c(/C(C)=C/C(=O)NCC(=O)NCC(=O)O)cc12. The van der Waals surface area contributed by atoms with Crippen LogP contribution < -0.4 is 20.1 Å². The molecule has 9 heteroatoms. The van der Waals surface area contributed by atoms with Crippen molar-refractivity contribution < 1.29 is 33.4 Å². The molecule has 1 heterocycles. The lowest BCUT2D eigenvalue weighted by Crippen LogP contribution is -2.38. The molecule has 0 aliphatic carbocycles. The fourth-order valence-corrected chi connectivity index (χ4v) is 3.68. The van der Waals surface area contributed by atoms with Crippen molar-refractivity contribution in [2.75, 3.05) is 27.3 Å². The molecule has 178 valence electrons. The highest BCUT2D eigenvalue weighted by Gasteiger charge is 2.20. The maximum atomic E-state index is 12.4. The molecule has 3 N–H and O–H groups in total. The van der Waals surface area contributed by atoms with Crippen LogP contribution in [0.15, 0.2) is 47.1 Å². The summed E-state index contributed by atoms with van der Waals surface area (Å²) < 4.78 is 17.0. The third kappa shape index (κ3) is 5.20. The molecule has 1 aromatic heterocycles. The first-order valence-electron chi connectivity index (χ1n) is 10.4. The average molecular weight is 466 g/mol. The zero-order valence-electron chi connectivity index (χ0n) is 19.4. The second kappa shape index (κ2) is 10.6. The van der Waals surface area contributed by atoms with Crippen molar-refractivity contribution in [1.82, 2.24) is 10.6 Å². The van der Waals surface area contributed by atoms with E-state index in [2.05, 4.69) is 10.6 Å². The Morgan fingerprint density at radius 2 is 1.79 bits per heavy atom. The van der Waals surface area contributed by atoms with Crippen LogP contribution in [0.4, 0.5) is 0 Å². The minimum absolute atomic E-state index is 0.342. The van der Waals surface area contributed by atoms with Gasteiger partial charge < -0.3 is 29.6 Å². The summed E-state index contributed by atoms with van der Waals surface area (Å²) in [5.74, 6) is -1.00. The van der Waals surface area contributed by atoms with Crippen LogP contribution in [0.5, 0.6) is 11.5 Å². The molecule has 0 bridgehead atoms. The number of para-hydroxylation sites is 1. The van der Waals surface area contributed by atoms with Crippen molar-refractivity contribution in [3.63, 3.8) is 0 Å². The molecule has 0 aliphatic rings. The Morgan fingerprint density at radius 3 is 2.47 bits per heavy atom. The van der Waals surface area contributed by atoms with Gasteiger partial charge in [-0.05, 0) is 31.6 Å². The highest BCUT2D eigenvalue weighted by Crippen LogP contribution is 2.42. The summed E-state index contributed by atoms with van der Waals surface area (Å²) in [7, 11) is 3.15. The molecule has 3 aromatic rings. The molecule has 0 fully saturated rings. The van der Waals surface area contributed by atoms with Crippen molar-refractivity contribution in [2.24, 2.45) is 0 Å². The minimum atomic E-state index is -1.17. The van der Waals surface area contributed by atoms with Gasteiger partial charge in [0.2, 0.25) is 11.8 Å². The minimum Gasteiger partial charge on any atom is -0.496 e. The normalized spacial score (nSPS) is 11.2. The molecule has 0 saturated heterocycles. The standard InChI is InChI=1S/C25H26N2O7/c1-14(9-21(28)26-11-22(29)27-12-23(30)31)17-10-18-19(16-7-5-6-8-20(16)32-3)13-34-25(18)15(2)24(17)33-4/h5-10,13H,11-12H2,1-4H3,(H,26,28)(H,27,29)(H,30,31)/b14-9+. The average Bonchev–Trinajstić information content (AvgIpc) is 3.25. The summed E-state index contributed by atoms with van der Waals surface area (Å²) in [6.07, 6.45) is 3.02. The third-order valence-electron chi connectivity index (χ3n) is 5.28. The predicted molar refractivity (Wildman–Crippen MR) is 127 cm³/mol. The topological polar surface area (TPSA) is 127 Å². The molecule has 3 rings (SSSR count). The summed E-state index contributed by atoms with van der Waals surface area (Å²) in [4.78, 5) is 34.5. The van der Waals surface area contributed by atoms with Crippen LogP contribution in [0.25, 0.3) is 27.7 Å². The molecule has 0 radical (unpaired) electrons. The van der Waals surface area contributed by atoms with Crippen LogP contribution in [0.3, 0.4) is 0 Å². The van der Waals surface area contributed by atoms with Gasteiger partial charge in [-0.3, -0.25) is 14.4 Å². The number of carbonyl (C=O) groups excluding carboxylic acids is 2. The summed E-state index contributed by atoms with van der Waals surface area (Å²) in [5.41, 5.74) is 4.44. The predicted octanol–water partition coefficient (Wildman–Crippen LogP) is 3.15. The van der Waals surface area contributed by atoms with Crippen molar-refractivity contribution >= 4 is 34.3 Å². The number of allylic oxidation sites excluding steroid dienone is 1. The van der Waals surface area contributed by atoms with Gasteiger partial charge in [0.25, 0.3) is 0 Å². The summed E-state index contributed by atoms with van der Waals surface area (Å²) in [6, 6.07) is 9.50. The number of aliphatic carboxylic acids is 1. The molecule has 2 aromatic carbocycles. The van der Waals surface area contributed by atoms with E-state index in [0.29, 0.717) is 28.2 Å². The van der Waals surface area contributed by atoms with E-state index in [4.69, 9.17) is 19.0 Å². The highest BCUT2D eigenvalue weighted by molar-refractivity contribution is 6.02. The maximum absolute atomic E-state index is 12.4. The van der Waals surface area contributed by atoms with Gasteiger partial charge in [0.05, 0.1) is 27.0 Å². The Labute approximate surface area is 196 Å². The Kier molecular flexibility index (Phi) is 7.57. The number of hydrogen-bond donors (Lipinski definition) is 3. The van der Waals surface area contributed by atoms with Crippen molar-refractivity contribution in [2.45, 2.75) is 13.8 Å². The summed E-state index contributed by atoms with van der Waals surface area (Å²) in [6.45, 7) is 2.78. The van der Waals surface area contributed by atoms with Gasteiger partial charge >= 0.3 is 5.97 Å². The van der Waals surface area contributed by atoms with E-state index < -0.39 is 24.3 Å². The van der Waals surface area contributed by atoms with E-state index in [0.717, 1.165) is 22.1 Å². The maximum Gasteiger partial charge on any atom is 0.322 e. The molecule has 0 unspecified atom stereocenters. The van der Waals surface area contributed by atoms with Crippen molar-refractivity contribution in [1.29, 1.82) is 0 Å². The first kappa shape index (κ1) is 24.4. The van der Waals surface area contributed by atoms with Gasteiger partial charge in [-0.1, -0.05) is 18.2 Å². The lowest BCUT2D eigenvalue weighted by atomic mass is 9.96. The zero-order valence-corrected chi connectivity index (χ0v) is 19.4. The smallest absolute Gasteiger partial charge is 0.322 e. The molecule has 34 heavy (non-hydrogen) atoms. The zero-order chi connectivity index (χ0) is 24.8. The second-order valence-corrected chi connectivity index (χ2v) is 7.52. The third-order valence-corrected chi connectivity index (χ3v) is 5.28. The Balaban J connectivity index is 1.95. The highest BCUT2D eigenvalue weighted by atomic mass is 16.5. The van der Waals surface area contributed by atoms with E-state index in [1.54, 1.807) is 27.4 Å². The quantitative estimate of drug-likeness (QED) is 0.414. The van der Waals surface area contributed by atoms with Crippen molar-refractivity contribution in [3.05, 3.63) is 53.8 Å². The lowest BCUT2D eigenvalue weighted by Gasteiger charge is -2.14. The number of furan rings is 1. The molecule has 0 aliphatic heterocycles. The van der Waals surface area contributed by atoms with Gasteiger partial charge in [-0.2, -0.15) is 0 Å². The van der Waals surface area contributed by atoms with Crippen molar-refractivity contribution in [3.8, 4) is 22.6 Å². The van der Waals surface area contributed by atoms with E-state index in [-0.39, 0.29) is 6.54 Å². The molecule has 0 spiro atoms. The van der Waals surface area contributed by atoms with Crippen LogP contribution in [-0.4, -0.2) is 50.2 Å². The Bertz CT molecular complexity index is 1270. The van der Waals surface area contributed by atoms with Gasteiger partial charge in [0.1, 0.15) is 23.6 Å². The van der Waals surface area contributed by atoms with E-state index in [1.165, 1.54) is 6.08 Å². The first-order chi connectivity index (χ1) is 16.3. The van der Waals surface area contributed by atoms with Crippen LogP contribution in [0.1, 0.15) is 18.1 Å². The number of methoxy groups -OCH3 is 2. The number of carboxylic acid groups (broad SMARTS) is 1. The molecule has 9 nitrogen and oxygen atoms in total. The largest absolute Gasteiger partial charge is 0.496 e. The van der Waals surface area contributed by atoms with E-state index in [9.17, 15) is 14.4 Å². The number of carboxylic acids is 1. The Hall–Kier alpha value is -4.27. The summed E-state index contributed by atoms with van der Waals surface area (Å²) in [5, 5.41) is 14.1. The van der Waals surface area contributed by atoms with Crippen LogP contribution in [-0.2, 0) is 14.4 Å². The molecule has 2 amide bonds. The fourth-order valence-electron chi connectivity index (χ4n) is 3.68. The number of rotatable bonds is 9. The number of ether oxygens (including phenoxy) is 2. The number of benzene rings is 2. The van der Waals surface area contributed by atoms with Gasteiger partial charge in [-0.25, -0.2) is 0 Å². The van der Waals surface area contributed by atoms with Crippen LogP contribution >= 0.6 is 0 Å². The lowest BCUT2D eigenvalue weighted by molar-refractivity contribution is -0.137. The van der Waals surface area contributed by atoms with Crippen LogP contribution in [0.2, 0.25) is 0 Å². The number of fused-ring (bicyclic) bond motifs is 1. The number of amides is 2.